The molecule has 2 aromatic heterocycles. The lowest BCUT2D eigenvalue weighted by Crippen LogP contribution is -2.54. The zero-order valence-corrected chi connectivity index (χ0v) is 27.9. The number of halogens is 2. The smallest absolute Gasteiger partial charge is 0.319 e. The fraction of sp³-hybridized carbons (Fsp3) is 0.774. The van der Waals surface area contributed by atoms with Crippen molar-refractivity contribution in [2.75, 3.05) is 44.4 Å². The van der Waals surface area contributed by atoms with Gasteiger partial charge in [-0.1, -0.05) is 38.8 Å². The first-order valence-corrected chi connectivity index (χ1v) is 19.0. The highest BCUT2D eigenvalue weighted by atomic mass is 35.5. The molecule has 2 aromatic rings. The molecule has 11 heteroatoms. The minimum atomic E-state index is -2.11. The lowest BCUT2D eigenvalue weighted by Gasteiger charge is -2.46. The van der Waals surface area contributed by atoms with E-state index in [1.807, 2.05) is 0 Å². The van der Waals surface area contributed by atoms with Gasteiger partial charge >= 0.3 is 6.01 Å². The van der Waals surface area contributed by atoms with Crippen LogP contribution < -0.4 is 9.64 Å². The van der Waals surface area contributed by atoms with E-state index in [1.54, 1.807) is 6.20 Å². The second-order valence-electron chi connectivity index (χ2n) is 14.9. The number of piperidine rings is 1. The third kappa shape index (κ3) is 5.78. The molecule has 6 rings (SSSR count). The topological polar surface area (TPSA) is 72.8 Å². The predicted octanol–water partition coefficient (Wildman–Crippen LogP) is 6.61. The number of fused-ring (bicyclic) bond motifs is 2. The molecular weight excluding hydrogens is 573 g/mol. The first-order chi connectivity index (χ1) is 19.8. The Hall–Kier alpha value is -1.59. The summed E-state index contributed by atoms with van der Waals surface area (Å²) in [4.78, 5) is 18.5. The molecule has 232 valence electrons. The van der Waals surface area contributed by atoms with Crippen molar-refractivity contribution < 1.29 is 18.3 Å². The summed E-state index contributed by atoms with van der Waals surface area (Å²) >= 11 is 6.15. The van der Waals surface area contributed by atoms with Gasteiger partial charge in [-0.15, -0.1) is 0 Å². The molecular formula is C31H47ClFN5O3Si. The Bertz CT molecular complexity index is 1320. The third-order valence-electron chi connectivity index (χ3n) is 10.5. The maximum Gasteiger partial charge on any atom is 0.319 e. The largest absolute Gasteiger partial charge is 0.463 e. The summed E-state index contributed by atoms with van der Waals surface area (Å²) < 4.78 is 35.0. The second-order valence-corrected chi connectivity index (χ2v) is 20.0. The minimum absolute atomic E-state index is 0.0469. The van der Waals surface area contributed by atoms with Crippen molar-refractivity contribution in [3.05, 3.63) is 17.2 Å². The number of ether oxygens (including phenoxy) is 2. The number of rotatable bonds is 7. The van der Waals surface area contributed by atoms with Gasteiger partial charge in [0, 0.05) is 36.8 Å². The fourth-order valence-corrected chi connectivity index (χ4v) is 9.10. The van der Waals surface area contributed by atoms with Crippen LogP contribution in [0.15, 0.2) is 6.20 Å². The zero-order chi connectivity index (χ0) is 29.9. The molecule has 8 nitrogen and oxygen atoms in total. The summed E-state index contributed by atoms with van der Waals surface area (Å²) in [6, 6.07) is 1.48. The van der Waals surface area contributed by atoms with Gasteiger partial charge in [0.05, 0.1) is 30.8 Å². The molecule has 0 aromatic carbocycles. The van der Waals surface area contributed by atoms with Crippen LogP contribution in [0.4, 0.5) is 10.2 Å². The Morgan fingerprint density at radius 2 is 1.90 bits per heavy atom. The molecule has 2 saturated heterocycles. The summed E-state index contributed by atoms with van der Waals surface area (Å²) in [6.45, 7) is 17.2. The summed E-state index contributed by atoms with van der Waals surface area (Å²) in [5.74, 6) is -0.0687. The summed E-state index contributed by atoms with van der Waals surface area (Å²) in [5, 5.41) is 0.353. The van der Waals surface area contributed by atoms with Crippen molar-refractivity contribution in [2.24, 2.45) is 5.41 Å². The van der Waals surface area contributed by atoms with Gasteiger partial charge in [-0.2, -0.15) is 9.97 Å². The molecule has 4 heterocycles. The summed E-state index contributed by atoms with van der Waals surface area (Å²) in [6.07, 6.45) is 10.1. The number of anilines is 1. The van der Waals surface area contributed by atoms with E-state index in [4.69, 9.17) is 30.5 Å². The van der Waals surface area contributed by atoms with E-state index in [1.165, 1.54) is 38.6 Å². The molecule has 3 atom stereocenters. The van der Waals surface area contributed by atoms with E-state index >= 15 is 4.39 Å². The van der Waals surface area contributed by atoms with Crippen molar-refractivity contribution in [1.82, 2.24) is 19.9 Å². The normalized spacial score (nSPS) is 29.5. The molecule has 42 heavy (non-hydrogen) atoms. The highest BCUT2D eigenvalue weighted by molar-refractivity contribution is 6.74. The van der Waals surface area contributed by atoms with Crippen molar-refractivity contribution in [3.8, 4) is 6.01 Å². The lowest BCUT2D eigenvalue weighted by molar-refractivity contribution is -0.00478. The molecule has 0 radical (unpaired) electrons. The Morgan fingerprint density at radius 3 is 2.64 bits per heavy atom. The van der Waals surface area contributed by atoms with Crippen LogP contribution in [-0.2, 0) is 9.16 Å². The monoisotopic (exact) mass is 619 g/mol. The van der Waals surface area contributed by atoms with Crippen molar-refractivity contribution in [1.29, 1.82) is 0 Å². The van der Waals surface area contributed by atoms with E-state index in [0.717, 1.165) is 18.9 Å². The zero-order valence-electron chi connectivity index (χ0n) is 26.1. The number of hydrogen-bond donors (Lipinski definition) is 0. The Morgan fingerprint density at radius 1 is 1.14 bits per heavy atom. The quantitative estimate of drug-likeness (QED) is 0.253. The van der Waals surface area contributed by atoms with Crippen LogP contribution in [0, 0.1) is 11.2 Å². The van der Waals surface area contributed by atoms with E-state index in [2.05, 4.69) is 60.6 Å². The fourth-order valence-electron chi connectivity index (χ4n) is 7.30. The average molecular weight is 620 g/mol. The number of nitrogens with zero attached hydrogens (tertiary/aromatic N) is 5. The number of pyridine rings is 1. The molecule has 0 amide bonds. The molecule has 2 aliphatic carbocycles. The van der Waals surface area contributed by atoms with Crippen LogP contribution in [0.3, 0.4) is 0 Å². The van der Waals surface area contributed by atoms with Crippen LogP contribution in [0.1, 0.15) is 72.6 Å². The van der Waals surface area contributed by atoms with Gasteiger partial charge in [0.1, 0.15) is 11.3 Å². The van der Waals surface area contributed by atoms with Crippen molar-refractivity contribution in [3.63, 3.8) is 0 Å². The number of hydrogen-bond acceptors (Lipinski definition) is 8. The molecule has 4 fully saturated rings. The maximum absolute atomic E-state index is 15.5. The molecule has 0 spiro atoms. The third-order valence-corrected chi connectivity index (χ3v) is 15.4. The molecule has 2 aliphatic heterocycles. The SMILES string of the molecule is CC(C)(C)[Si](C)(C)O[C@]1(C)COCCN(c2nc(OC[C@]34CCC[C@H]3N(C3CC3)CCC4)nc3c(F)c(Cl)ncc23)C1. The van der Waals surface area contributed by atoms with Crippen molar-refractivity contribution in [2.45, 2.75) is 108 Å². The molecule has 0 N–H and O–H groups in total. The van der Waals surface area contributed by atoms with E-state index in [0.29, 0.717) is 50.2 Å². The van der Waals surface area contributed by atoms with Crippen LogP contribution in [-0.4, -0.2) is 85.3 Å². The van der Waals surface area contributed by atoms with Gasteiger partial charge < -0.3 is 18.8 Å². The average Bonchev–Trinajstić information content (AvgIpc) is 3.71. The number of likely N-dealkylation sites (tertiary alicyclic amines) is 1. The van der Waals surface area contributed by atoms with Gasteiger partial charge in [0.25, 0.3) is 0 Å². The Labute approximate surface area is 255 Å². The number of aromatic nitrogens is 3. The highest BCUT2D eigenvalue weighted by Crippen LogP contribution is 2.51. The van der Waals surface area contributed by atoms with Crippen LogP contribution in [0.2, 0.25) is 23.3 Å². The van der Waals surface area contributed by atoms with Crippen LogP contribution >= 0.6 is 11.6 Å². The van der Waals surface area contributed by atoms with E-state index in [9.17, 15) is 0 Å². The first-order valence-electron chi connectivity index (χ1n) is 15.7. The van der Waals surface area contributed by atoms with Gasteiger partial charge in [-0.05, 0) is 70.1 Å². The first kappa shape index (κ1) is 30.4. The molecule has 2 saturated carbocycles. The van der Waals surface area contributed by atoms with E-state index < -0.39 is 19.7 Å². The second kappa shape index (κ2) is 11.1. The molecule has 4 aliphatic rings. The van der Waals surface area contributed by atoms with Crippen LogP contribution in [0.5, 0.6) is 6.01 Å². The van der Waals surface area contributed by atoms with Gasteiger partial charge in [-0.25, -0.2) is 9.37 Å². The summed E-state index contributed by atoms with van der Waals surface area (Å²) in [5.41, 5.74) is -0.337. The van der Waals surface area contributed by atoms with Gasteiger partial charge in [-0.3, -0.25) is 4.90 Å². The van der Waals surface area contributed by atoms with Gasteiger partial charge in [0.15, 0.2) is 19.3 Å². The maximum atomic E-state index is 15.5. The molecule has 0 unspecified atom stereocenters. The highest BCUT2D eigenvalue weighted by Gasteiger charge is 2.51. The van der Waals surface area contributed by atoms with E-state index in [-0.39, 0.29) is 27.1 Å². The minimum Gasteiger partial charge on any atom is -0.463 e. The standard InChI is InChI=1S/C31H47ClFN5O3Si/c1-29(2,3)42(5,6)41-30(4)18-37(15-16-39-19-30)27-22-17-34-26(32)24(33)25(22)35-28(36-27)40-20-31-12-7-9-23(31)38(14-8-13-31)21-10-11-21/h17,21,23H,7-16,18-20H2,1-6H3/t23-,30+,31-/m1/s1. The van der Waals surface area contributed by atoms with Crippen LogP contribution in [0.25, 0.3) is 10.9 Å². The predicted molar refractivity (Wildman–Crippen MR) is 167 cm³/mol. The Balaban J connectivity index is 1.32. The summed E-state index contributed by atoms with van der Waals surface area (Å²) in [7, 11) is -2.11. The Kier molecular flexibility index (Phi) is 8.03. The van der Waals surface area contributed by atoms with Crippen molar-refractivity contribution >= 4 is 36.6 Å². The lowest BCUT2D eigenvalue weighted by atomic mass is 9.75. The van der Waals surface area contributed by atoms with Gasteiger partial charge in [0.2, 0.25) is 0 Å². The molecule has 0 bridgehead atoms.